The fraction of sp³-hybridized carbons (Fsp3) is 0.533. The Kier molecular flexibility index (Phi) is 5.46. The van der Waals surface area contributed by atoms with Gasteiger partial charge in [0.1, 0.15) is 6.04 Å². The van der Waals surface area contributed by atoms with Crippen molar-refractivity contribution in [1.29, 1.82) is 0 Å². The third-order valence-electron chi connectivity index (χ3n) is 3.69. The normalized spacial score (nSPS) is 18.8. The van der Waals surface area contributed by atoms with Crippen molar-refractivity contribution in [3.8, 4) is 17.2 Å². The molecule has 1 aromatic rings. The molecule has 2 rings (SSSR count). The molecule has 0 bridgehead atoms. The number of ether oxygens (including phenoxy) is 3. The summed E-state index contributed by atoms with van der Waals surface area (Å²) in [6.07, 6.45) is 0. The monoisotopic (exact) mass is 310 g/mol. The minimum Gasteiger partial charge on any atom is -0.493 e. The topological polar surface area (TPSA) is 80.3 Å². The lowest BCUT2D eigenvalue weighted by atomic mass is 10.1. The molecule has 0 aromatic heterocycles. The number of aliphatic carboxylic acids is 1. The van der Waals surface area contributed by atoms with Gasteiger partial charge in [-0.25, -0.2) is 0 Å². The van der Waals surface area contributed by atoms with Gasteiger partial charge in [-0.1, -0.05) is 0 Å². The van der Waals surface area contributed by atoms with Crippen LogP contribution in [0.2, 0.25) is 0 Å². The van der Waals surface area contributed by atoms with Gasteiger partial charge < -0.3 is 24.6 Å². The highest BCUT2D eigenvalue weighted by Gasteiger charge is 2.25. The van der Waals surface area contributed by atoms with Gasteiger partial charge >= 0.3 is 5.97 Å². The maximum absolute atomic E-state index is 11.1. The SMILES string of the molecule is COc1cc(CN2CCNC(C(=O)O)C2)cc(OC)c1OC. The molecule has 1 unspecified atom stereocenters. The van der Waals surface area contributed by atoms with E-state index in [-0.39, 0.29) is 0 Å². The molecule has 0 saturated carbocycles. The van der Waals surface area contributed by atoms with Gasteiger partial charge in [0.25, 0.3) is 0 Å². The van der Waals surface area contributed by atoms with Gasteiger partial charge in [0.2, 0.25) is 5.75 Å². The third kappa shape index (κ3) is 3.61. The Morgan fingerprint density at radius 3 is 2.41 bits per heavy atom. The van der Waals surface area contributed by atoms with Crippen LogP contribution in [0.1, 0.15) is 5.56 Å². The molecular formula is C15H22N2O5. The number of nitrogens with one attached hydrogen (secondary N) is 1. The van der Waals surface area contributed by atoms with Gasteiger partial charge in [-0.2, -0.15) is 0 Å². The van der Waals surface area contributed by atoms with E-state index in [2.05, 4.69) is 10.2 Å². The summed E-state index contributed by atoms with van der Waals surface area (Å²) in [4.78, 5) is 13.2. The zero-order valence-electron chi connectivity index (χ0n) is 13.1. The summed E-state index contributed by atoms with van der Waals surface area (Å²) in [5.74, 6) is 0.926. The highest BCUT2D eigenvalue weighted by molar-refractivity contribution is 5.73. The van der Waals surface area contributed by atoms with Gasteiger partial charge in [0, 0.05) is 26.2 Å². The van der Waals surface area contributed by atoms with Crippen molar-refractivity contribution in [3.63, 3.8) is 0 Å². The Morgan fingerprint density at radius 1 is 1.27 bits per heavy atom. The van der Waals surface area contributed by atoms with E-state index in [0.29, 0.717) is 36.9 Å². The highest BCUT2D eigenvalue weighted by Crippen LogP contribution is 2.38. The Bertz CT molecular complexity index is 510. The molecule has 2 N–H and O–H groups in total. The Balaban J connectivity index is 2.17. The molecule has 1 fully saturated rings. The molecule has 1 heterocycles. The predicted molar refractivity (Wildman–Crippen MR) is 80.8 cm³/mol. The number of carboxylic acid groups (broad SMARTS) is 1. The van der Waals surface area contributed by atoms with Gasteiger partial charge in [-0.05, 0) is 17.7 Å². The summed E-state index contributed by atoms with van der Waals surface area (Å²) in [5.41, 5.74) is 0.987. The van der Waals surface area contributed by atoms with Gasteiger partial charge in [0.05, 0.1) is 21.3 Å². The van der Waals surface area contributed by atoms with Crippen LogP contribution in [-0.2, 0) is 11.3 Å². The lowest BCUT2D eigenvalue weighted by molar-refractivity contribution is -0.140. The van der Waals surface area contributed by atoms with Crippen molar-refractivity contribution in [2.75, 3.05) is 41.0 Å². The van der Waals surface area contributed by atoms with Crippen molar-refractivity contribution in [2.45, 2.75) is 12.6 Å². The summed E-state index contributed by atoms with van der Waals surface area (Å²) < 4.78 is 16.0. The number of nitrogens with zero attached hydrogens (tertiary/aromatic N) is 1. The molecule has 7 nitrogen and oxygen atoms in total. The van der Waals surface area contributed by atoms with Crippen molar-refractivity contribution < 1.29 is 24.1 Å². The Hall–Kier alpha value is -1.99. The summed E-state index contributed by atoms with van der Waals surface area (Å²) in [6.45, 7) is 2.54. The summed E-state index contributed by atoms with van der Waals surface area (Å²) in [6, 6.07) is 3.24. The van der Waals surface area contributed by atoms with E-state index < -0.39 is 12.0 Å². The molecule has 22 heavy (non-hydrogen) atoms. The summed E-state index contributed by atoms with van der Waals surface area (Å²) in [7, 11) is 4.71. The lowest BCUT2D eigenvalue weighted by Crippen LogP contribution is -2.53. The van der Waals surface area contributed by atoms with Crippen LogP contribution in [0.25, 0.3) is 0 Å². The molecular weight excluding hydrogens is 288 g/mol. The first-order chi connectivity index (χ1) is 10.6. The molecule has 0 radical (unpaired) electrons. The van der Waals surface area contributed by atoms with Gasteiger partial charge in [-0.15, -0.1) is 0 Å². The molecule has 0 aliphatic carbocycles. The van der Waals surface area contributed by atoms with E-state index in [1.165, 1.54) is 0 Å². The molecule has 1 saturated heterocycles. The van der Waals surface area contributed by atoms with Gasteiger partial charge in [0.15, 0.2) is 11.5 Å². The van der Waals surface area contributed by atoms with Crippen molar-refractivity contribution in [3.05, 3.63) is 17.7 Å². The van der Waals surface area contributed by atoms with Crippen LogP contribution in [0.5, 0.6) is 17.2 Å². The standard InChI is InChI=1S/C15H22N2O5/c1-20-12-6-10(7-13(21-2)14(12)22-3)8-17-5-4-16-11(9-17)15(18)19/h6-7,11,16H,4-5,8-9H2,1-3H3,(H,18,19). The maximum atomic E-state index is 11.1. The Labute approximate surface area is 129 Å². The summed E-state index contributed by atoms with van der Waals surface area (Å²) in [5, 5.41) is 12.1. The van der Waals surface area contributed by atoms with E-state index in [1.54, 1.807) is 21.3 Å². The van der Waals surface area contributed by atoms with E-state index in [1.807, 2.05) is 12.1 Å². The summed E-state index contributed by atoms with van der Waals surface area (Å²) >= 11 is 0. The first kappa shape index (κ1) is 16.4. The molecule has 122 valence electrons. The van der Waals surface area contributed by atoms with Crippen molar-refractivity contribution >= 4 is 5.97 Å². The van der Waals surface area contributed by atoms with Gasteiger partial charge in [-0.3, -0.25) is 9.69 Å². The number of carboxylic acids is 1. The molecule has 1 aliphatic heterocycles. The second-order valence-electron chi connectivity index (χ2n) is 5.11. The first-order valence-corrected chi connectivity index (χ1v) is 7.06. The number of carbonyl (C=O) groups is 1. The largest absolute Gasteiger partial charge is 0.493 e. The fourth-order valence-corrected chi connectivity index (χ4v) is 2.60. The highest BCUT2D eigenvalue weighted by atomic mass is 16.5. The van der Waals surface area contributed by atoms with Crippen LogP contribution >= 0.6 is 0 Å². The third-order valence-corrected chi connectivity index (χ3v) is 3.69. The fourth-order valence-electron chi connectivity index (χ4n) is 2.60. The van der Waals surface area contributed by atoms with E-state index in [9.17, 15) is 4.79 Å². The predicted octanol–water partition coefficient (Wildman–Crippen LogP) is 0.571. The van der Waals surface area contributed by atoms with E-state index >= 15 is 0 Å². The molecule has 0 amide bonds. The number of benzene rings is 1. The van der Waals surface area contributed by atoms with Crippen molar-refractivity contribution in [1.82, 2.24) is 10.2 Å². The smallest absolute Gasteiger partial charge is 0.322 e. The number of hydrogen-bond donors (Lipinski definition) is 2. The number of rotatable bonds is 6. The molecule has 1 aliphatic rings. The quantitative estimate of drug-likeness (QED) is 0.795. The second-order valence-corrected chi connectivity index (χ2v) is 5.11. The number of piperazine rings is 1. The van der Waals surface area contributed by atoms with Crippen LogP contribution in [-0.4, -0.2) is 63.0 Å². The lowest BCUT2D eigenvalue weighted by Gasteiger charge is -2.31. The second kappa shape index (κ2) is 7.33. The minimum absolute atomic E-state index is 0.464. The van der Waals surface area contributed by atoms with E-state index in [0.717, 1.165) is 12.1 Å². The molecule has 7 heteroatoms. The van der Waals surface area contributed by atoms with E-state index in [4.69, 9.17) is 19.3 Å². The minimum atomic E-state index is -0.824. The zero-order valence-corrected chi connectivity index (χ0v) is 13.1. The van der Waals surface area contributed by atoms with Crippen LogP contribution in [0.3, 0.4) is 0 Å². The average Bonchev–Trinajstić information content (AvgIpc) is 2.54. The van der Waals surface area contributed by atoms with Crippen LogP contribution in [0, 0.1) is 0 Å². The number of methoxy groups -OCH3 is 3. The molecule has 1 atom stereocenters. The first-order valence-electron chi connectivity index (χ1n) is 7.06. The average molecular weight is 310 g/mol. The maximum Gasteiger partial charge on any atom is 0.322 e. The van der Waals surface area contributed by atoms with Crippen LogP contribution < -0.4 is 19.5 Å². The zero-order chi connectivity index (χ0) is 16.1. The van der Waals surface area contributed by atoms with Crippen molar-refractivity contribution in [2.24, 2.45) is 0 Å². The van der Waals surface area contributed by atoms with Crippen LogP contribution in [0.15, 0.2) is 12.1 Å². The molecule has 0 spiro atoms. The van der Waals surface area contributed by atoms with Crippen LogP contribution in [0.4, 0.5) is 0 Å². The Morgan fingerprint density at radius 2 is 1.91 bits per heavy atom. The number of hydrogen-bond acceptors (Lipinski definition) is 6. The molecule has 1 aromatic carbocycles.